The van der Waals surface area contributed by atoms with Crippen LogP contribution >= 0.6 is 24.0 Å². The van der Waals surface area contributed by atoms with Gasteiger partial charge < -0.3 is 14.6 Å². The average Bonchev–Trinajstić information content (AvgIpc) is 2.61. The van der Waals surface area contributed by atoms with E-state index in [2.05, 4.69) is 4.90 Å². The van der Waals surface area contributed by atoms with E-state index in [0.717, 1.165) is 17.7 Å². The molecular formula is C20H24Cl2FNO3. The Morgan fingerprint density at radius 2 is 2.15 bits per heavy atom. The van der Waals surface area contributed by atoms with Crippen molar-refractivity contribution in [2.45, 2.75) is 19.1 Å². The third kappa shape index (κ3) is 6.33. The summed E-state index contributed by atoms with van der Waals surface area (Å²) in [5.74, 6) is 0.447. The molecule has 0 aliphatic carbocycles. The van der Waals surface area contributed by atoms with Crippen molar-refractivity contribution in [1.82, 2.24) is 4.90 Å². The van der Waals surface area contributed by atoms with Gasteiger partial charge in [-0.05, 0) is 48.4 Å². The van der Waals surface area contributed by atoms with Crippen molar-refractivity contribution >= 4 is 24.0 Å². The van der Waals surface area contributed by atoms with Crippen molar-refractivity contribution in [1.29, 1.82) is 0 Å². The Balaban J connectivity index is 0.00000261. The molecule has 0 spiro atoms. The van der Waals surface area contributed by atoms with Gasteiger partial charge in [-0.2, -0.15) is 0 Å². The predicted octanol–water partition coefficient (Wildman–Crippen LogP) is 4.02. The number of aliphatic hydroxyl groups excluding tert-OH is 1. The van der Waals surface area contributed by atoms with Crippen LogP contribution in [0, 0.1) is 12.7 Å². The Kier molecular flexibility index (Phi) is 8.32. The van der Waals surface area contributed by atoms with E-state index in [4.69, 9.17) is 21.1 Å². The fourth-order valence-electron chi connectivity index (χ4n) is 3.09. The predicted molar refractivity (Wildman–Crippen MR) is 106 cm³/mol. The van der Waals surface area contributed by atoms with Gasteiger partial charge in [-0.3, -0.25) is 4.90 Å². The summed E-state index contributed by atoms with van der Waals surface area (Å²) in [6.07, 6.45) is -0.817. The largest absolute Gasteiger partial charge is 0.491 e. The highest BCUT2D eigenvalue weighted by molar-refractivity contribution is 6.30. The lowest BCUT2D eigenvalue weighted by atomic mass is 10.1. The number of ether oxygens (including phenoxy) is 2. The minimum Gasteiger partial charge on any atom is -0.491 e. The van der Waals surface area contributed by atoms with Crippen LogP contribution in [-0.4, -0.2) is 49.0 Å². The lowest BCUT2D eigenvalue weighted by molar-refractivity contribution is -0.0460. The second-order valence-corrected chi connectivity index (χ2v) is 6.99. The van der Waals surface area contributed by atoms with Gasteiger partial charge in [-0.1, -0.05) is 23.7 Å². The first kappa shape index (κ1) is 21.9. The highest BCUT2D eigenvalue weighted by atomic mass is 35.5. The van der Waals surface area contributed by atoms with Crippen LogP contribution in [0.2, 0.25) is 5.02 Å². The van der Waals surface area contributed by atoms with Crippen LogP contribution in [0.1, 0.15) is 17.2 Å². The minimum absolute atomic E-state index is 0. The van der Waals surface area contributed by atoms with Crippen LogP contribution in [0.4, 0.5) is 4.39 Å². The molecule has 3 rings (SSSR count). The Bertz CT molecular complexity index is 747. The number of morpholine rings is 1. The Hall–Kier alpha value is -1.37. The fraction of sp³-hybridized carbons (Fsp3) is 0.400. The molecule has 0 bridgehead atoms. The monoisotopic (exact) mass is 415 g/mol. The maximum absolute atomic E-state index is 13.4. The summed E-state index contributed by atoms with van der Waals surface area (Å²) in [6.45, 7) is 4.47. The van der Waals surface area contributed by atoms with E-state index in [0.29, 0.717) is 30.5 Å². The van der Waals surface area contributed by atoms with Gasteiger partial charge in [0.2, 0.25) is 0 Å². The van der Waals surface area contributed by atoms with Crippen LogP contribution in [0.15, 0.2) is 42.5 Å². The van der Waals surface area contributed by atoms with Crippen LogP contribution in [-0.2, 0) is 4.74 Å². The first-order chi connectivity index (χ1) is 12.5. The molecule has 2 unspecified atom stereocenters. The fourth-order valence-corrected chi connectivity index (χ4v) is 3.32. The summed E-state index contributed by atoms with van der Waals surface area (Å²) in [6, 6.07) is 11.9. The molecule has 2 atom stereocenters. The molecule has 0 saturated carbocycles. The highest BCUT2D eigenvalue weighted by Gasteiger charge is 2.24. The van der Waals surface area contributed by atoms with Gasteiger partial charge in [0.25, 0.3) is 0 Å². The molecular weight excluding hydrogens is 392 g/mol. The first-order valence-electron chi connectivity index (χ1n) is 8.67. The highest BCUT2D eigenvalue weighted by Crippen LogP contribution is 2.24. The van der Waals surface area contributed by atoms with Crippen molar-refractivity contribution in [2.75, 3.05) is 32.8 Å². The van der Waals surface area contributed by atoms with Gasteiger partial charge in [-0.15, -0.1) is 12.4 Å². The zero-order valence-corrected chi connectivity index (χ0v) is 16.7. The summed E-state index contributed by atoms with van der Waals surface area (Å²) < 4.78 is 24.9. The van der Waals surface area contributed by atoms with Crippen molar-refractivity contribution in [2.24, 2.45) is 0 Å². The SMILES string of the molecule is Cc1cc(Cl)ccc1OCC(O)CN1CCOC(c2cccc(F)c2)C1.Cl. The number of hydrogen-bond donors (Lipinski definition) is 1. The summed E-state index contributed by atoms with van der Waals surface area (Å²) in [7, 11) is 0. The van der Waals surface area contributed by atoms with Gasteiger partial charge in [0.15, 0.2) is 0 Å². The second-order valence-electron chi connectivity index (χ2n) is 6.55. The molecule has 1 aliphatic rings. The molecule has 2 aromatic carbocycles. The van der Waals surface area contributed by atoms with E-state index in [9.17, 15) is 9.50 Å². The molecule has 0 radical (unpaired) electrons. The molecule has 0 aromatic heterocycles. The Morgan fingerprint density at radius 3 is 2.89 bits per heavy atom. The van der Waals surface area contributed by atoms with Crippen LogP contribution in [0.25, 0.3) is 0 Å². The normalized spacial score (nSPS) is 18.6. The van der Waals surface area contributed by atoms with Crippen LogP contribution in [0.5, 0.6) is 5.75 Å². The van der Waals surface area contributed by atoms with E-state index >= 15 is 0 Å². The van der Waals surface area contributed by atoms with Gasteiger partial charge in [0.1, 0.15) is 24.3 Å². The lowest BCUT2D eigenvalue weighted by Gasteiger charge is -2.34. The number of halogens is 3. The molecule has 7 heteroatoms. The number of benzene rings is 2. The molecule has 1 heterocycles. The van der Waals surface area contributed by atoms with Gasteiger partial charge in [0.05, 0.1) is 12.7 Å². The molecule has 1 aliphatic heterocycles. The second kappa shape index (κ2) is 10.2. The van der Waals surface area contributed by atoms with Gasteiger partial charge >= 0.3 is 0 Å². The number of nitrogens with zero attached hydrogens (tertiary/aromatic N) is 1. The summed E-state index contributed by atoms with van der Waals surface area (Å²) >= 11 is 5.94. The number of aryl methyl sites for hydroxylation is 1. The van der Waals surface area contributed by atoms with Crippen molar-refractivity contribution in [3.63, 3.8) is 0 Å². The van der Waals surface area contributed by atoms with Gasteiger partial charge in [0, 0.05) is 24.7 Å². The molecule has 27 heavy (non-hydrogen) atoms. The molecule has 1 fully saturated rings. The molecule has 148 valence electrons. The molecule has 1 N–H and O–H groups in total. The minimum atomic E-state index is -0.628. The number of β-amino-alcohol motifs (C(OH)–C–C–N with tert-alkyl or cyclic N) is 1. The van der Waals surface area contributed by atoms with E-state index in [-0.39, 0.29) is 30.9 Å². The van der Waals surface area contributed by atoms with Crippen molar-refractivity contribution in [3.05, 3.63) is 64.4 Å². The molecule has 2 aromatic rings. The maximum Gasteiger partial charge on any atom is 0.123 e. The Labute approximate surface area is 170 Å². The van der Waals surface area contributed by atoms with E-state index < -0.39 is 6.10 Å². The topological polar surface area (TPSA) is 41.9 Å². The van der Waals surface area contributed by atoms with Crippen molar-refractivity contribution in [3.8, 4) is 5.75 Å². The maximum atomic E-state index is 13.4. The average molecular weight is 416 g/mol. The quantitative estimate of drug-likeness (QED) is 0.773. The number of aliphatic hydroxyl groups is 1. The zero-order valence-electron chi connectivity index (χ0n) is 15.1. The van der Waals surface area contributed by atoms with E-state index in [1.54, 1.807) is 18.2 Å². The third-order valence-corrected chi connectivity index (χ3v) is 4.64. The van der Waals surface area contributed by atoms with Gasteiger partial charge in [-0.25, -0.2) is 4.39 Å². The summed E-state index contributed by atoms with van der Waals surface area (Å²) in [5.41, 5.74) is 1.75. The van der Waals surface area contributed by atoms with Crippen LogP contribution in [0.3, 0.4) is 0 Å². The van der Waals surface area contributed by atoms with Crippen LogP contribution < -0.4 is 4.74 Å². The first-order valence-corrected chi connectivity index (χ1v) is 9.05. The molecule has 4 nitrogen and oxygen atoms in total. The third-order valence-electron chi connectivity index (χ3n) is 4.41. The summed E-state index contributed by atoms with van der Waals surface area (Å²) in [4.78, 5) is 2.11. The molecule has 0 amide bonds. The summed E-state index contributed by atoms with van der Waals surface area (Å²) in [5, 5.41) is 11.0. The van der Waals surface area contributed by atoms with E-state index in [1.165, 1.54) is 12.1 Å². The molecule has 1 saturated heterocycles. The standard InChI is InChI=1S/C20H23ClFNO3.ClH/c1-14-9-16(21)5-6-19(14)26-13-18(24)11-23-7-8-25-20(12-23)15-3-2-4-17(22)10-15;/h2-6,9-10,18,20,24H,7-8,11-13H2,1H3;1H. The van der Waals surface area contributed by atoms with Crippen molar-refractivity contribution < 1.29 is 19.0 Å². The smallest absolute Gasteiger partial charge is 0.123 e. The van der Waals surface area contributed by atoms with E-state index in [1.807, 2.05) is 19.1 Å². The zero-order chi connectivity index (χ0) is 18.5. The Morgan fingerprint density at radius 1 is 1.33 bits per heavy atom. The number of hydrogen-bond acceptors (Lipinski definition) is 4. The number of rotatable bonds is 6. The lowest BCUT2D eigenvalue weighted by Crippen LogP contribution is -2.43.